The number of benzene rings is 1. The Labute approximate surface area is 104 Å². The lowest BCUT2D eigenvalue weighted by atomic mass is 10.0. The number of hydrogen-bond donors (Lipinski definition) is 1. The van der Waals surface area contributed by atoms with Gasteiger partial charge < -0.3 is 10.1 Å². The first-order chi connectivity index (χ1) is 7.63. The summed E-state index contributed by atoms with van der Waals surface area (Å²) in [7, 11) is 0. The molecule has 0 fully saturated rings. The number of rotatable bonds is 2. The molecule has 0 bridgehead atoms. The minimum atomic E-state index is -0.0285. The van der Waals surface area contributed by atoms with Crippen LogP contribution in [0, 0.1) is 0 Å². The predicted octanol–water partition coefficient (Wildman–Crippen LogP) is 3.28. The fourth-order valence-corrected chi connectivity index (χ4v) is 2.37. The largest absolute Gasteiger partial charge is 0.492 e. The van der Waals surface area contributed by atoms with Crippen LogP contribution in [0.5, 0.6) is 5.75 Å². The Morgan fingerprint density at radius 3 is 2.81 bits per heavy atom. The van der Waals surface area contributed by atoms with Gasteiger partial charge in [0.2, 0.25) is 5.91 Å². The molecular formula is C11H11Cl2NO2. The average Bonchev–Trinajstić information content (AvgIpc) is 2.24. The van der Waals surface area contributed by atoms with E-state index in [1.165, 1.54) is 0 Å². The van der Waals surface area contributed by atoms with Crippen molar-refractivity contribution in [2.45, 2.75) is 19.8 Å². The maximum absolute atomic E-state index is 11.3. The molecule has 1 N–H and O–H groups in total. The number of ether oxygens (including phenoxy) is 1. The molecular weight excluding hydrogens is 249 g/mol. The maximum atomic E-state index is 11.3. The van der Waals surface area contributed by atoms with Crippen LogP contribution in [0.25, 0.3) is 0 Å². The molecule has 0 saturated carbocycles. The van der Waals surface area contributed by atoms with Gasteiger partial charge in [-0.25, -0.2) is 0 Å². The number of carbonyl (C=O) groups excluding carboxylic acids is 1. The lowest BCUT2D eigenvalue weighted by Crippen LogP contribution is -2.20. The molecule has 0 aliphatic carbocycles. The molecule has 3 nitrogen and oxygen atoms in total. The molecule has 16 heavy (non-hydrogen) atoms. The minimum Gasteiger partial charge on any atom is -0.492 e. The zero-order chi connectivity index (χ0) is 11.7. The second-order valence-corrected chi connectivity index (χ2v) is 4.32. The maximum Gasteiger partial charge on any atom is 0.224 e. The highest BCUT2D eigenvalue weighted by molar-refractivity contribution is 6.38. The van der Waals surface area contributed by atoms with Crippen LogP contribution in [0.3, 0.4) is 0 Å². The van der Waals surface area contributed by atoms with Gasteiger partial charge >= 0.3 is 0 Å². The predicted molar refractivity (Wildman–Crippen MR) is 64.6 cm³/mol. The van der Waals surface area contributed by atoms with Gasteiger partial charge in [-0.2, -0.15) is 0 Å². The molecule has 0 aromatic heterocycles. The Morgan fingerprint density at radius 2 is 2.12 bits per heavy atom. The summed E-state index contributed by atoms with van der Waals surface area (Å²) in [5.41, 5.74) is 1.52. The highest BCUT2D eigenvalue weighted by Crippen LogP contribution is 2.42. The van der Waals surface area contributed by atoms with Crippen LogP contribution in [0.1, 0.15) is 18.9 Å². The monoisotopic (exact) mass is 259 g/mol. The van der Waals surface area contributed by atoms with Crippen LogP contribution in [0.2, 0.25) is 10.0 Å². The molecule has 0 radical (unpaired) electrons. The van der Waals surface area contributed by atoms with E-state index in [9.17, 15) is 4.79 Å². The molecule has 0 atom stereocenters. The Hall–Kier alpha value is -0.930. The molecule has 1 amide bonds. The van der Waals surface area contributed by atoms with Gasteiger partial charge in [-0.05, 0) is 19.4 Å². The van der Waals surface area contributed by atoms with Gasteiger partial charge in [0.25, 0.3) is 0 Å². The fraction of sp³-hybridized carbons (Fsp3) is 0.364. The van der Waals surface area contributed by atoms with E-state index in [0.29, 0.717) is 40.9 Å². The van der Waals surface area contributed by atoms with E-state index in [1.54, 1.807) is 6.07 Å². The Morgan fingerprint density at radius 1 is 1.38 bits per heavy atom. The summed E-state index contributed by atoms with van der Waals surface area (Å²) in [4.78, 5) is 11.3. The first kappa shape index (κ1) is 11.6. The second kappa shape index (κ2) is 4.52. The molecule has 0 unspecified atom stereocenters. The first-order valence-electron chi connectivity index (χ1n) is 5.07. The summed E-state index contributed by atoms with van der Waals surface area (Å²) in [6.45, 7) is 2.42. The van der Waals surface area contributed by atoms with Crippen molar-refractivity contribution in [1.82, 2.24) is 0 Å². The summed E-state index contributed by atoms with van der Waals surface area (Å²) in [6.07, 6.45) is 1.04. The van der Waals surface area contributed by atoms with Crippen LogP contribution >= 0.6 is 23.2 Å². The Balaban J connectivity index is 2.55. The van der Waals surface area contributed by atoms with Crippen LogP contribution in [0.4, 0.5) is 5.69 Å². The number of fused-ring (bicyclic) bond motifs is 1. The highest BCUT2D eigenvalue weighted by atomic mass is 35.5. The standard InChI is InChI=1S/C11H11Cl2NO2/c1-2-16-11-6-3-4-9(15)14-10(6)7(12)5-8(11)13/h5H,2-4H2,1H3,(H,14,15). The van der Waals surface area contributed by atoms with Gasteiger partial charge in [0.05, 0.1) is 22.3 Å². The van der Waals surface area contributed by atoms with Crippen LogP contribution < -0.4 is 10.1 Å². The van der Waals surface area contributed by atoms with Crippen LogP contribution in [0.15, 0.2) is 6.07 Å². The Bertz CT molecular complexity index is 446. The SMILES string of the molecule is CCOc1c(Cl)cc(Cl)c2c1CCC(=O)N2. The molecule has 2 rings (SSSR count). The number of halogens is 2. The van der Waals surface area contributed by atoms with Crippen LogP contribution in [-0.2, 0) is 11.2 Å². The van der Waals surface area contributed by atoms with E-state index < -0.39 is 0 Å². The molecule has 86 valence electrons. The second-order valence-electron chi connectivity index (χ2n) is 3.50. The molecule has 0 saturated heterocycles. The summed E-state index contributed by atoms with van der Waals surface area (Å²) in [5.74, 6) is 0.600. The number of amides is 1. The topological polar surface area (TPSA) is 38.3 Å². The van der Waals surface area contributed by atoms with Gasteiger partial charge in [0.15, 0.2) is 0 Å². The third-order valence-electron chi connectivity index (χ3n) is 2.44. The normalized spacial score (nSPS) is 14.3. The van der Waals surface area contributed by atoms with Gasteiger partial charge in [0, 0.05) is 12.0 Å². The molecule has 1 aliphatic rings. The lowest BCUT2D eigenvalue weighted by molar-refractivity contribution is -0.116. The lowest BCUT2D eigenvalue weighted by Gasteiger charge is -2.22. The van der Waals surface area contributed by atoms with Crippen molar-refractivity contribution >= 4 is 34.8 Å². The first-order valence-corrected chi connectivity index (χ1v) is 5.82. The average molecular weight is 260 g/mol. The molecule has 1 aromatic rings. The zero-order valence-corrected chi connectivity index (χ0v) is 10.3. The van der Waals surface area contributed by atoms with Crippen molar-refractivity contribution in [3.05, 3.63) is 21.7 Å². The van der Waals surface area contributed by atoms with Gasteiger partial charge in [-0.3, -0.25) is 4.79 Å². The number of nitrogens with one attached hydrogen (secondary N) is 1. The van der Waals surface area contributed by atoms with Gasteiger partial charge in [-0.15, -0.1) is 0 Å². The van der Waals surface area contributed by atoms with Crippen molar-refractivity contribution in [2.75, 3.05) is 11.9 Å². The van der Waals surface area contributed by atoms with E-state index in [-0.39, 0.29) is 5.91 Å². The number of carbonyl (C=O) groups is 1. The van der Waals surface area contributed by atoms with E-state index in [1.807, 2.05) is 6.92 Å². The van der Waals surface area contributed by atoms with Crippen molar-refractivity contribution in [3.8, 4) is 5.75 Å². The molecule has 1 aliphatic heterocycles. The van der Waals surface area contributed by atoms with Crippen molar-refractivity contribution in [3.63, 3.8) is 0 Å². The van der Waals surface area contributed by atoms with Gasteiger partial charge in [-0.1, -0.05) is 23.2 Å². The van der Waals surface area contributed by atoms with Gasteiger partial charge in [0.1, 0.15) is 5.75 Å². The third-order valence-corrected chi connectivity index (χ3v) is 3.02. The third kappa shape index (κ3) is 1.97. The van der Waals surface area contributed by atoms with Crippen molar-refractivity contribution < 1.29 is 9.53 Å². The molecule has 1 heterocycles. The van der Waals surface area contributed by atoms with Crippen molar-refractivity contribution in [2.24, 2.45) is 0 Å². The van der Waals surface area contributed by atoms with E-state index in [0.717, 1.165) is 5.56 Å². The quantitative estimate of drug-likeness (QED) is 0.886. The Kier molecular flexibility index (Phi) is 3.26. The summed E-state index contributed by atoms with van der Waals surface area (Å²) in [5, 5.41) is 3.69. The summed E-state index contributed by atoms with van der Waals surface area (Å²) < 4.78 is 5.48. The molecule has 5 heteroatoms. The van der Waals surface area contributed by atoms with E-state index >= 15 is 0 Å². The molecule has 0 spiro atoms. The van der Waals surface area contributed by atoms with Crippen LogP contribution in [-0.4, -0.2) is 12.5 Å². The summed E-state index contributed by atoms with van der Waals surface area (Å²) in [6, 6.07) is 1.60. The minimum absolute atomic E-state index is 0.0285. The van der Waals surface area contributed by atoms with Crippen molar-refractivity contribution in [1.29, 1.82) is 0 Å². The smallest absolute Gasteiger partial charge is 0.224 e. The number of anilines is 1. The fourth-order valence-electron chi connectivity index (χ4n) is 1.77. The highest BCUT2D eigenvalue weighted by Gasteiger charge is 2.23. The summed E-state index contributed by atoms with van der Waals surface area (Å²) >= 11 is 12.1. The van der Waals surface area contributed by atoms with E-state index in [4.69, 9.17) is 27.9 Å². The zero-order valence-electron chi connectivity index (χ0n) is 8.77. The number of hydrogen-bond acceptors (Lipinski definition) is 2. The molecule has 1 aromatic carbocycles. The van der Waals surface area contributed by atoms with E-state index in [2.05, 4.69) is 5.32 Å².